The van der Waals surface area contributed by atoms with Gasteiger partial charge in [-0.25, -0.2) is 0 Å². The lowest BCUT2D eigenvalue weighted by Gasteiger charge is -2.07. The van der Waals surface area contributed by atoms with Crippen molar-refractivity contribution in [2.45, 2.75) is 11.0 Å². The van der Waals surface area contributed by atoms with Crippen LogP contribution in [0.5, 0.6) is 17.2 Å². The molecule has 1 aromatic heterocycles. The molecule has 6 nitrogen and oxygen atoms in total. The van der Waals surface area contributed by atoms with E-state index < -0.39 is 0 Å². The summed E-state index contributed by atoms with van der Waals surface area (Å²) in [4.78, 5) is 0. The molecule has 0 radical (unpaired) electrons. The third-order valence-corrected chi connectivity index (χ3v) is 4.43. The van der Waals surface area contributed by atoms with Crippen LogP contribution in [0.1, 0.15) is 5.56 Å². The zero-order chi connectivity index (χ0) is 17.6. The summed E-state index contributed by atoms with van der Waals surface area (Å²) in [6, 6.07) is 13.3. The number of rotatable bonds is 7. The van der Waals surface area contributed by atoms with E-state index in [1.165, 1.54) is 11.8 Å². The Labute approximate surface area is 150 Å². The fourth-order valence-corrected chi connectivity index (χ4v) is 2.97. The second kappa shape index (κ2) is 7.94. The first-order valence-corrected chi connectivity index (χ1v) is 8.53. The van der Waals surface area contributed by atoms with Crippen molar-refractivity contribution in [3.8, 4) is 28.7 Å². The molecule has 0 aliphatic rings. The van der Waals surface area contributed by atoms with Gasteiger partial charge in [0.15, 0.2) is 0 Å². The summed E-state index contributed by atoms with van der Waals surface area (Å²) in [6.45, 7) is 0. The molecule has 0 spiro atoms. The average Bonchev–Trinajstić information content (AvgIpc) is 3.14. The minimum absolute atomic E-state index is 0.410. The van der Waals surface area contributed by atoms with Crippen LogP contribution in [0.15, 0.2) is 52.1 Å². The van der Waals surface area contributed by atoms with Gasteiger partial charge in [-0.1, -0.05) is 23.9 Å². The monoisotopic (exact) mass is 358 g/mol. The Bertz CT molecular complexity index is 851. The minimum atomic E-state index is 0.410. The summed E-state index contributed by atoms with van der Waals surface area (Å²) in [5, 5.41) is 8.71. The average molecular weight is 358 g/mol. The number of hydrogen-bond acceptors (Lipinski definition) is 7. The van der Waals surface area contributed by atoms with Gasteiger partial charge in [0, 0.05) is 11.8 Å². The van der Waals surface area contributed by atoms with Gasteiger partial charge in [0.05, 0.1) is 26.9 Å². The lowest BCUT2D eigenvalue weighted by atomic mass is 10.2. The van der Waals surface area contributed by atoms with Gasteiger partial charge in [-0.2, -0.15) is 0 Å². The molecule has 0 unspecified atom stereocenters. The molecule has 0 aliphatic heterocycles. The first-order chi connectivity index (χ1) is 12.2. The second-order valence-corrected chi connectivity index (χ2v) is 6.01. The van der Waals surface area contributed by atoms with E-state index >= 15 is 0 Å². The SMILES string of the molecule is COc1cccc(CSc2nnc(-c3ccc(OC)cc3OC)o2)c1. The maximum atomic E-state index is 5.75. The molecule has 3 aromatic rings. The third kappa shape index (κ3) is 4.06. The summed E-state index contributed by atoms with van der Waals surface area (Å²) in [5.74, 6) is 3.26. The molecule has 7 heteroatoms. The van der Waals surface area contributed by atoms with Crippen LogP contribution >= 0.6 is 11.8 Å². The number of ether oxygens (including phenoxy) is 3. The van der Waals surface area contributed by atoms with E-state index in [9.17, 15) is 0 Å². The molecule has 0 saturated carbocycles. The molecular weight excluding hydrogens is 340 g/mol. The predicted molar refractivity (Wildman–Crippen MR) is 95.4 cm³/mol. The van der Waals surface area contributed by atoms with Crippen molar-refractivity contribution in [3.63, 3.8) is 0 Å². The quantitative estimate of drug-likeness (QED) is 0.590. The van der Waals surface area contributed by atoms with Gasteiger partial charge in [-0.05, 0) is 29.8 Å². The summed E-state index contributed by atoms with van der Waals surface area (Å²) in [7, 11) is 4.85. The van der Waals surface area contributed by atoms with Crippen molar-refractivity contribution in [1.29, 1.82) is 0 Å². The lowest BCUT2D eigenvalue weighted by Crippen LogP contribution is -1.90. The molecule has 0 amide bonds. The first-order valence-electron chi connectivity index (χ1n) is 7.55. The van der Waals surface area contributed by atoms with Crippen molar-refractivity contribution in [2.24, 2.45) is 0 Å². The van der Waals surface area contributed by atoms with E-state index in [1.54, 1.807) is 27.4 Å². The highest BCUT2D eigenvalue weighted by atomic mass is 32.2. The van der Waals surface area contributed by atoms with E-state index in [0.29, 0.717) is 28.4 Å². The Balaban J connectivity index is 1.74. The highest BCUT2D eigenvalue weighted by Crippen LogP contribution is 2.34. The lowest BCUT2D eigenvalue weighted by molar-refractivity contribution is 0.393. The minimum Gasteiger partial charge on any atom is -0.497 e. The molecule has 0 fully saturated rings. The van der Waals surface area contributed by atoms with Crippen LogP contribution in [0.4, 0.5) is 0 Å². The van der Waals surface area contributed by atoms with Gasteiger partial charge >= 0.3 is 0 Å². The zero-order valence-electron chi connectivity index (χ0n) is 14.2. The Kier molecular flexibility index (Phi) is 5.45. The Morgan fingerprint density at radius 1 is 0.920 bits per heavy atom. The van der Waals surface area contributed by atoms with Crippen molar-refractivity contribution in [3.05, 3.63) is 48.0 Å². The molecule has 3 rings (SSSR count). The van der Waals surface area contributed by atoms with Gasteiger partial charge in [0.2, 0.25) is 0 Å². The number of aromatic nitrogens is 2. The third-order valence-electron chi connectivity index (χ3n) is 3.54. The maximum absolute atomic E-state index is 5.75. The predicted octanol–water partition coefficient (Wildman–Crippen LogP) is 4.05. The topological polar surface area (TPSA) is 66.6 Å². The Hall–Kier alpha value is -2.67. The van der Waals surface area contributed by atoms with Crippen molar-refractivity contribution in [2.75, 3.05) is 21.3 Å². The van der Waals surface area contributed by atoms with Gasteiger partial charge in [0.25, 0.3) is 11.1 Å². The fraction of sp³-hybridized carbons (Fsp3) is 0.222. The molecule has 0 atom stereocenters. The summed E-state index contributed by atoms with van der Waals surface area (Å²) in [5.41, 5.74) is 1.84. The van der Waals surface area contributed by atoms with Gasteiger partial charge < -0.3 is 18.6 Å². The Morgan fingerprint density at radius 3 is 2.48 bits per heavy atom. The van der Waals surface area contributed by atoms with Gasteiger partial charge in [0.1, 0.15) is 17.2 Å². The van der Waals surface area contributed by atoms with Crippen molar-refractivity contribution in [1.82, 2.24) is 10.2 Å². The number of methoxy groups -OCH3 is 3. The number of nitrogens with zero attached hydrogens (tertiary/aromatic N) is 2. The summed E-state index contributed by atoms with van der Waals surface area (Å²) < 4.78 is 21.6. The second-order valence-electron chi connectivity index (χ2n) is 5.08. The molecule has 2 aromatic carbocycles. The molecule has 0 bridgehead atoms. The molecule has 1 heterocycles. The van der Waals surface area contributed by atoms with E-state index in [1.807, 2.05) is 36.4 Å². The highest BCUT2D eigenvalue weighted by Gasteiger charge is 2.15. The smallest absolute Gasteiger partial charge is 0.277 e. The summed E-state index contributed by atoms with van der Waals surface area (Å²) in [6.07, 6.45) is 0. The first kappa shape index (κ1) is 17.2. The largest absolute Gasteiger partial charge is 0.497 e. The van der Waals surface area contributed by atoms with E-state index in [4.69, 9.17) is 18.6 Å². The van der Waals surface area contributed by atoms with Crippen LogP contribution in [-0.2, 0) is 5.75 Å². The fourth-order valence-electron chi connectivity index (χ4n) is 2.26. The maximum Gasteiger partial charge on any atom is 0.277 e. The molecule has 25 heavy (non-hydrogen) atoms. The molecule has 0 N–H and O–H groups in total. The number of hydrogen-bond donors (Lipinski definition) is 0. The van der Waals surface area contributed by atoms with Crippen LogP contribution in [-0.4, -0.2) is 31.5 Å². The Morgan fingerprint density at radius 2 is 1.72 bits per heavy atom. The molecule has 0 aliphatic carbocycles. The summed E-state index contributed by atoms with van der Waals surface area (Å²) >= 11 is 1.47. The zero-order valence-corrected chi connectivity index (χ0v) is 15.0. The van der Waals surface area contributed by atoms with E-state index in [-0.39, 0.29) is 0 Å². The molecule has 130 valence electrons. The van der Waals surface area contributed by atoms with Crippen LogP contribution in [0.3, 0.4) is 0 Å². The van der Waals surface area contributed by atoms with Gasteiger partial charge in [-0.15, -0.1) is 10.2 Å². The normalized spacial score (nSPS) is 10.5. The van der Waals surface area contributed by atoms with Crippen LogP contribution in [0.2, 0.25) is 0 Å². The van der Waals surface area contributed by atoms with Crippen molar-refractivity contribution >= 4 is 11.8 Å². The van der Waals surface area contributed by atoms with Crippen LogP contribution < -0.4 is 14.2 Å². The molecular formula is C18H18N2O4S. The van der Waals surface area contributed by atoms with E-state index in [0.717, 1.165) is 16.9 Å². The molecule has 0 saturated heterocycles. The van der Waals surface area contributed by atoms with Crippen LogP contribution in [0, 0.1) is 0 Å². The number of benzene rings is 2. The van der Waals surface area contributed by atoms with Gasteiger partial charge in [-0.3, -0.25) is 0 Å². The van der Waals surface area contributed by atoms with Crippen LogP contribution in [0.25, 0.3) is 11.5 Å². The number of thioether (sulfide) groups is 1. The van der Waals surface area contributed by atoms with E-state index in [2.05, 4.69) is 10.2 Å². The standard InChI is InChI=1S/C18H18N2O4S/c1-21-13-6-4-5-12(9-13)11-25-18-20-19-17(24-18)15-8-7-14(22-2)10-16(15)23-3/h4-10H,11H2,1-3H3. The van der Waals surface area contributed by atoms with Crippen molar-refractivity contribution < 1.29 is 18.6 Å². The highest BCUT2D eigenvalue weighted by molar-refractivity contribution is 7.98.